The molecular weight excluding hydrogens is 174 g/mol. The van der Waals surface area contributed by atoms with E-state index in [-0.39, 0.29) is 0 Å². The van der Waals surface area contributed by atoms with Crippen molar-refractivity contribution in [1.82, 2.24) is 0 Å². The average Bonchev–Trinajstić information content (AvgIpc) is 2.19. The molecule has 1 aromatic carbocycles. The first-order chi connectivity index (χ1) is 6.77. The number of hydrogen-bond donors (Lipinski definition) is 0. The van der Waals surface area contributed by atoms with Gasteiger partial charge in [0.1, 0.15) is 5.76 Å². The predicted octanol–water partition coefficient (Wildman–Crippen LogP) is 2.90. The van der Waals surface area contributed by atoms with Crippen molar-refractivity contribution in [2.75, 3.05) is 6.61 Å². The van der Waals surface area contributed by atoms with Crippen molar-refractivity contribution >= 4 is 5.76 Å². The summed E-state index contributed by atoms with van der Waals surface area (Å²) in [6.45, 7) is 4.50. The van der Waals surface area contributed by atoms with E-state index in [1.807, 2.05) is 44.2 Å². The van der Waals surface area contributed by atoms with Crippen LogP contribution in [-0.2, 0) is 4.74 Å². The number of benzene rings is 1. The zero-order chi connectivity index (χ0) is 10.4. The molecule has 0 aliphatic rings. The maximum atomic E-state index is 8.57. The highest BCUT2D eigenvalue weighted by Gasteiger charge is 2.00. The summed E-state index contributed by atoms with van der Waals surface area (Å²) < 4.78 is 5.35. The standard InChI is InChI=1S/C12H13NO/c1-3-14-12(8-9-13)11-6-4-10(2)5-7-11/h4-8H,3H2,1-2H3/b12-8+. The Morgan fingerprint density at radius 2 is 2.07 bits per heavy atom. The zero-order valence-corrected chi connectivity index (χ0v) is 8.45. The molecule has 2 heteroatoms. The first-order valence-electron chi connectivity index (χ1n) is 4.57. The third-order valence-electron chi connectivity index (χ3n) is 1.83. The summed E-state index contributed by atoms with van der Waals surface area (Å²) in [5.41, 5.74) is 2.14. The van der Waals surface area contributed by atoms with E-state index in [4.69, 9.17) is 10.00 Å². The van der Waals surface area contributed by atoms with Gasteiger partial charge in [0.2, 0.25) is 0 Å². The van der Waals surface area contributed by atoms with Crippen LogP contribution in [0.1, 0.15) is 18.1 Å². The third kappa shape index (κ3) is 2.63. The Morgan fingerprint density at radius 1 is 1.43 bits per heavy atom. The van der Waals surface area contributed by atoms with Gasteiger partial charge in [-0.05, 0) is 13.8 Å². The lowest BCUT2D eigenvalue weighted by molar-refractivity contribution is 0.298. The average molecular weight is 187 g/mol. The fourth-order valence-electron chi connectivity index (χ4n) is 1.14. The van der Waals surface area contributed by atoms with Crippen LogP contribution in [0.15, 0.2) is 30.3 Å². The molecule has 0 aliphatic heterocycles. The number of ether oxygens (including phenoxy) is 1. The van der Waals surface area contributed by atoms with E-state index in [1.54, 1.807) is 0 Å². The Hall–Kier alpha value is -1.75. The van der Waals surface area contributed by atoms with Gasteiger partial charge in [-0.2, -0.15) is 5.26 Å². The van der Waals surface area contributed by atoms with Crippen molar-refractivity contribution in [1.29, 1.82) is 5.26 Å². The molecule has 0 saturated carbocycles. The van der Waals surface area contributed by atoms with Gasteiger partial charge in [0.25, 0.3) is 0 Å². The highest BCUT2D eigenvalue weighted by molar-refractivity contribution is 5.62. The van der Waals surface area contributed by atoms with Gasteiger partial charge in [-0.15, -0.1) is 0 Å². The largest absolute Gasteiger partial charge is 0.493 e. The number of aryl methyl sites for hydroxylation is 1. The Labute approximate surface area is 84.4 Å². The van der Waals surface area contributed by atoms with Crippen LogP contribution >= 0.6 is 0 Å². The Bertz CT molecular complexity index is 357. The van der Waals surface area contributed by atoms with Crippen molar-refractivity contribution in [3.05, 3.63) is 41.5 Å². The van der Waals surface area contributed by atoms with Gasteiger partial charge in [0.05, 0.1) is 18.8 Å². The molecule has 0 atom stereocenters. The van der Waals surface area contributed by atoms with Gasteiger partial charge in [0, 0.05) is 5.56 Å². The Kier molecular flexibility index (Phi) is 3.75. The Morgan fingerprint density at radius 3 is 2.57 bits per heavy atom. The van der Waals surface area contributed by atoms with Crippen LogP contribution < -0.4 is 0 Å². The van der Waals surface area contributed by atoms with E-state index in [0.717, 1.165) is 5.56 Å². The van der Waals surface area contributed by atoms with Crippen LogP contribution in [0.5, 0.6) is 0 Å². The van der Waals surface area contributed by atoms with E-state index >= 15 is 0 Å². The summed E-state index contributed by atoms with van der Waals surface area (Å²) >= 11 is 0. The second-order valence-corrected chi connectivity index (χ2v) is 2.94. The molecule has 0 N–H and O–H groups in total. The van der Waals surface area contributed by atoms with Crippen LogP contribution in [0, 0.1) is 18.3 Å². The minimum absolute atomic E-state index is 0.571. The minimum atomic E-state index is 0.571. The van der Waals surface area contributed by atoms with Gasteiger partial charge in [-0.1, -0.05) is 29.8 Å². The molecular formula is C12H13NO. The fraction of sp³-hybridized carbons (Fsp3) is 0.250. The van der Waals surface area contributed by atoms with E-state index in [0.29, 0.717) is 12.4 Å². The van der Waals surface area contributed by atoms with Crippen LogP contribution in [-0.4, -0.2) is 6.61 Å². The second-order valence-electron chi connectivity index (χ2n) is 2.94. The second kappa shape index (κ2) is 5.08. The van der Waals surface area contributed by atoms with Crippen molar-refractivity contribution < 1.29 is 4.74 Å². The van der Waals surface area contributed by atoms with Crippen molar-refractivity contribution in [3.8, 4) is 6.07 Å². The van der Waals surface area contributed by atoms with Gasteiger partial charge in [0.15, 0.2) is 0 Å². The summed E-state index contributed by atoms with van der Waals surface area (Å²) in [6, 6.07) is 9.88. The van der Waals surface area contributed by atoms with Gasteiger partial charge < -0.3 is 4.74 Å². The van der Waals surface area contributed by atoms with E-state index in [2.05, 4.69) is 0 Å². The van der Waals surface area contributed by atoms with Crippen LogP contribution in [0.2, 0.25) is 0 Å². The summed E-state index contributed by atoms with van der Waals surface area (Å²) in [5.74, 6) is 0.634. The molecule has 1 rings (SSSR count). The van der Waals surface area contributed by atoms with Crippen LogP contribution in [0.25, 0.3) is 5.76 Å². The number of nitriles is 1. The number of allylic oxidation sites excluding steroid dienone is 1. The lowest BCUT2D eigenvalue weighted by atomic mass is 10.1. The lowest BCUT2D eigenvalue weighted by Crippen LogP contribution is -1.91. The molecule has 1 aromatic rings. The summed E-state index contributed by atoms with van der Waals surface area (Å²) in [6.07, 6.45) is 1.42. The van der Waals surface area contributed by atoms with E-state index in [9.17, 15) is 0 Å². The summed E-state index contributed by atoms with van der Waals surface area (Å²) in [4.78, 5) is 0. The molecule has 0 radical (unpaired) electrons. The molecule has 0 aromatic heterocycles. The molecule has 14 heavy (non-hydrogen) atoms. The minimum Gasteiger partial charge on any atom is -0.493 e. The number of rotatable bonds is 3. The predicted molar refractivity (Wildman–Crippen MR) is 56.4 cm³/mol. The van der Waals surface area contributed by atoms with E-state index in [1.165, 1.54) is 11.6 Å². The maximum Gasteiger partial charge on any atom is 0.136 e. The van der Waals surface area contributed by atoms with Crippen molar-refractivity contribution in [2.24, 2.45) is 0 Å². The SMILES string of the molecule is CCO/C(=C/C#N)c1ccc(C)cc1. The zero-order valence-electron chi connectivity index (χ0n) is 8.45. The van der Waals surface area contributed by atoms with Gasteiger partial charge >= 0.3 is 0 Å². The smallest absolute Gasteiger partial charge is 0.136 e. The molecule has 0 bridgehead atoms. The summed E-state index contributed by atoms with van der Waals surface area (Å²) in [5, 5.41) is 8.57. The van der Waals surface area contributed by atoms with Crippen molar-refractivity contribution in [2.45, 2.75) is 13.8 Å². The fourth-order valence-corrected chi connectivity index (χ4v) is 1.14. The first kappa shape index (κ1) is 10.3. The summed E-state index contributed by atoms with van der Waals surface area (Å²) in [7, 11) is 0. The third-order valence-corrected chi connectivity index (χ3v) is 1.83. The quantitative estimate of drug-likeness (QED) is 0.538. The van der Waals surface area contributed by atoms with E-state index < -0.39 is 0 Å². The first-order valence-corrected chi connectivity index (χ1v) is 4.57. The van der Waals surface area contributed by atoms with Gasteiger partial charge in [-0.3, -0.25) is 0 Å². The normalized spacial score (nSPS) is 10.8. The molecule has 72 valence electrons. The molecule has 0 unspecified atom stereocenters. The molecule has 0 spiro atoms. The molecule has 0 amide bonds. The van der Waals surface area contributed by atoms with Gasteiger partial charge in [-0.25, -0.2) is 0 Å². The highest BCUT2D eigenvalue weighted by atomic mass is 16.5. The number of hydrogen-bond acceptors (Lipinski definition) is 2. The monoisotopic (exact) mass is 187 g/mol. The maximum absolute atomic E-state index is 8.57. The molecule has 0 saturated heterocycles. The van der Waals surface area contributed by atoms with Crippen LogP contribution in [0.4, 0.5) is 0 Å². The van der Waals surface area contributed by atoms with Crippen LogP contribution in [0.3, 0.4) is 0 Å². The molecule has 0 fully saturated rings. The van der Waals surface area contributed by atoms with Crippen molar-refractivity contribution in [3.63, 3.8) is 0 Å². The highest BCUT2D eigenvalue weighted by Crippen LogP contribution is 2.15. The molecule has 0 aliphatic carbocycles. The Balaban J connectivity index is 2.95. The number of nitrogens with zero attached hydrogens (tertiary/aromatic N) is 1. The molecule has 0 heterocycles. The lowest BCUT2D eigenvalue weighted by Gasteiger charge is -2.07. The molecule has 2 nitrogen and oxygen atoms in total. The topological polar surface area (TPSA) is 33.0 Å².